The minimum absolute atomic E-state index is 0.0520. The Balaban J connectivity index is 1.38. The lowest BCUT2D eigenvalue weighted by Gasteiger charge is -2.29. The lowest BCUT2D eigenvalue weighted by molar-refractivity contribution is 0.0954. The summed E-state index contributed by atoms with van der Waals surface area (Å²) in [5, 5.41) is 3.01. The van der Waals surface area contributed by atoms with E-state index in [0.29, 0.717) is 18.5 Å². The molecule has 1 aromatic heterocycles. The van der Waals surface area contributed by atoms with Crippen LogP contribution in [0.15, 0.2) is 48.5 Å². The third-order valence-corrected chi connectivity index (χ3v) is 5.00. The Labute approximate surface area is 158 Å². The number of nitrogens with zero attached hydrogens (tertiary/aromatic N) is 3. The fourth-order valence-corrected chi connectivity index (χ4v) is 3.47. The molecule has 6 nitrogen and oxygen atoms in total. The van der Waals surface area contributed by atoms with E-state index in [1.807, 2.05) is 49.5 Å². The highest BCUT2D eigenvalue weighted by Gasteiger charge is 2.14. The second-order valence-electron chi connectivity index (χ2n) is 6.73. The third-order valence-electron chi connectivity index (χ3n) is 5.00. The van der Waals surface area contributed by atoms with E-state index in [2.05, 4.69) is 25.8 Å². The van der Waals surface area contributed by atoms with Crippen molar-refractivity contribution in [3.63, 3.8) is 0 Å². The molecule has 27 heavy (non-hydrogen) atoms. The van der Waals surface area contributed by atoms with Gasteiger partial charge in [0.15, 0.2) is 0 Å². The number of amides is 1. The summed E-state index contributed by atoms with van der Waals surface area (Å²) in [6, 6.07) is 15.9. The molecule has 0 unspecified atom stereocenters. The number of fused-ring (bicyclic) bond motifs is 1. The summed E-state index contributed by atoms with van der Waals surface area (Å²) in [4.78, 5) is 19.4. The third kappa shape index (κ3) is 3.80. The van der Waals surface area contributed by atoms with E-state index < -0.39 is 0 Å². The first-order valence-corrected chi connectivity index (χ1v) is 9.34. The Morgan fingerprint density at radius 2 is 1.96 bits per heavy atom. The Bertz CT molecular complexity index is 944. The summed E-state index contributed by atoms with van der Waals surface area (Å²) in [7, 11) is 2.01. The summed E-state index contributed by atoms with van der Waals surface area (Å²) in [6.07, 6.45) is 0.695. The molecule has 2 aromatic carbocycles. The van der Waals surface area contributed by atoms with Crippen LogP contribution in [0.1, 0.15) is 16.2 Å². The van der Waals surface area contributed by atoms with Gasteiger partial charge in [0.1, 0.15) is 5.82 Å². The van der Waals surface area contributed by atoms with Crippen LogP contribution in [0, 0.1) is 0 Å². The average molecular weight is 364 g/mol. The number of hydrogen-bond donors (Lipinski definition) is 1. The molecule has 2 heterocycles. The monoisotopic (exact) mass is 364 g/mol. The van der Waals surface area contributed by atoms with Crippen molar-refractivity contribution in [1.82, 2.24) is 14.9 Å². The van der Waals surface area contributed by atoms with Crippen molar-refractivity contribution in [2.45, 2.75) is 6.42 Å². The van der Waals surface area contributed by atoms with E-state index in [1.54, 1.807) is 0 Å². The zero-order chi connectivity index (χ0) is 18.6. The van der Waals surface area contributed by atoms with Crippen molar-refractivity contribution in [3.05, 3.63) is 59.9 Å². The van der Waals surface area contributed by atoms with Crippen LogP contribution in [-0.2, 0) is 18.2 Å². The predicted molar refractivity (Wildman–Crippen MR) is 106 cm³/mol. The minimum atomic E-state index is -0.0520. The highest BCUT2D eigenvalue weighted by molar-refractivity contribution is 5.95. The van der Waals surface area contributed by atoms with Gasteiger partial charge in [0.05, 0.1) is 24.2 Å². The molecular formula is C21H24N4O2. The van der Waals surface area contributed by atoms with Crippen LogP contribution in [0.3, 0.4) is 0 Å². The number of benzene rings is 2. The van der Waals surface area contributed by atoms with E-state index >= 15 is 0 Å². The zero-order valence-electron chi connectivity index (χ0n) is 15.5. The van der Waals surface area contributed by atoms with Crippen LogP contribution in [0.5, 0.6) is 0 Å². The van der Waals surface area contributed by atoms with Crippen LogP contribution in [0.2, 0.25) is 0 Å². The second kappa shape index (κ2) is 7.80. The van der Waals surface area contributed by atoms with Gasteiger partial charge in [-0.15, -0.1) is 0 Å². The zero-order valence-corrected chi connectivity index (χ0v) is 15.5. The van der Waals surface area contributed by atoms with Gasteiger partial charge in [0.25, 0.3) is 5.91 Å². The predicted octanol–water partition coefficient (Wildman–Crippen LogP) is 2.38. The number of morpholine rings is 1. The van der Waals surface area contributed by atoms with Gasteiger partial charge in [-0.05, 0) is 30.3 Å². The first-order chi connectivity index (χ1) is 13.2. The largest absolute Gasteiger partial charge is 0.378 e. The molecule has 1 aliphatic rings. The molecule has 4 rings (SSSR count). The lowest BCUT2D eigenvalue weighted by atomic mass is 10.1. The Kier molecular flexibility index (Phi) is 5.07. The molecule has 0 aliphatic carbocycles. The molecule has 1 aliphatic heterocycles. The van der Waals surface area contributed by atoms with E-state index in [1.165, 1.54) is 0 Å². The smallest absolute Gasteiger partial charge is 0.251 e. The first-order valence-electron chi connectivity index (χ1n) is 9.34. The maximum absolute atomic E-state index is 12.5. The van der Waals surface area contributed by atoms with Gasteiger partial charge in [-0.1, -0.05) is 18.2 Å². The number of rotatable bonds is 5. The molecular weight excluding hydrogens is 340 g/mol. The van der Waals surface area contributed by atoms with Crippen molar-refractivity contribution in [2.75, 3.05) is 37.7 Å². The Hall–Kier alpha value is -2.86. The van der Waals surface area contributed by atoms with E-state index in [-0.39, 0.29) is 5.91 Å². The number of carbonyl (C=O) groups excluding carboxylic acids is 1. The standard InChI is InChI=1S/C21H24N4O2/c1-24-19-8-3-2-7-18(19)23-20(24)9-10-22-21(26)16-5-4-6-17(15-16)25-11-13-27-14-12-25/h2-8,15H,9-14H2,1H3,(H,22,26). The molecule has 6 heteroatoms. The van der Waals surface area contributed by atoms with E-state index in [4.69, 9.17) is 4.74 Å². The Morgan fingerprint density at radius 3 is 2.78 bits per heavy atom. The number of aryl methyl sites for hydroxylation is 1. The number of aromatic nitrogens is 2. The summed E-state index contributed by atoms with van der Waals surface area (Å²) in [6.45, 7) is 3.73. The number of anilines is 1. The number of hydrogen-bond acceptors (Lipinski definition) is 4. The molecule has 1 amide bonds. The SMILES string of the molecule is Cn1c(CCNC(=O)c2cccc(N3CCOCC3)c2)nc2ccccc21. The van der Waals surface area contributed by atoms with Gasteiger partial charge in [0.2, 0.25) is 0 Å². The van der Waals surface area contributed by atoms with Crippen molar-refractivity contribution in [2.24, 2.45) is 7.05 Å². The number of carbonyl (C=O) groups is 1. The van der Waals surface area contributed by atoms with Crippen molar-refractivity contribution >= 4 is 22.6 Å². The molecule has 140 valence electrons. The molecule has 0 spiro atoms. The molecule has 0 bridgehead atoms. The lowest BCUT2D eigenvalue weighted by Crippen LogP contribution is -2.36. The minimum Gasteiger partial charge on any atom is -0.378 e. The highest BCUT2D eigenvalue weighted by Crippen LogP contribution is 2.18. The topological polar surface area (TPSA) is 59.4 Å². The highest BCUT2D eigenvalue weighted by atomic mass is 16.5. The maximum atomic E-state index is 12.5. The Morgan fingerprint density at radius 1 is 1.15 bits per heavy atom. The molecule has 0 radical (unpaired) electrons. The fraction of sp³-hybridized carbons (Fsp3) is 0.333. The van der Waals surface area contributed by atoms with Gasteiger partial charge in [-0.2, -0.15) is 0 Å². The fourth-order valence-electron chi connectivity index (χ4n) is 3.47. The quantitative estimate of drug-likeness (QED) is 0.755. The molecule has 1 N–H and O–H groups in total. The van der Waals surface area contributed by atoms with Crippen LogP contribution in [0.4, 0.5) is 5.69 Å². The van der Waals surface area contributed by atoms with Crippen molar-refractivity contribution < 1.29 is 9.53 Å². The number of para-hydroxylation sites is 2. The van der Waals surface area contributed by atoms with Crippen LogP contribution < -0.4 is 10.2 Å². The summed E-state index contributed by atoms with van der Waals surface area (Å²) in [5.41, 5.74) is 3.85. The van der Waals surface area contributed by atoms with Crippen LogP contribution in [0.25, 0.3) is 11.0 Å². The molecule has 1 fully saturated rings. The second-order valence-corrected chi connectivity index (χ2v) is 6.73. The summed E-state index contributed by atoms with van der Waals surface area (Å²) in [5.74, 6) is 0.919. The molecule has 1 saturated heterocycles. The van der Waals surface area contributed by atoms with Crippen molar-refractivity contribution in [3.8, 4) is 0 Å². The van der Waals surface area contributed by atoms with Crippen molar-refractivity contribution in [1.29, 1.82) is 0 Å². The maximum Gasteiger partial charge on any atom is 0.251 e. The van der Waals surface area contributed by atoms with Gasteiger partial charge >= 0.3 is 0 Å². The van der Waals surface area contributed by atoms with E-state index in [0.717, 1.165) is 48.8 Å². The van der Waals surface area contributed by atoms with Gasteiger partial charge in [-0.3, -0.25) is 4.79 Å². The van der Waals surface area contributed by atoms with Crippen LogP contribution >= 0.6 is 0 Å². The molecule has 0 atom stereocenters. The van der Waals surface area contributed by atoms with Gasteiger partial charge in [-0.25, -0.2) is 4.98 Å². The number of nitrogens with one attached hydrogen (secondary N) is 1. The van der Waals surface area contributed by atoms with E-state index in [9.17, 15) is 4.79 Å². The summed E-state index contributed by atoms with van der Waals surface area (Å²) >= 11 is 0. The number of imidazole rings is 1. The van der Waals surface area contributed by atoms with Crippen LogP contribution in [-0.4, -0.2) is 48.3 Å². The molecule has 3 aromatic rings. The summed E-state index contributed by atoms with van der Waals surface area (Å²) < 4.78 is 7.48. The average Bonchev–Trinajstić information content (AvgIpc) is 3.05. The van der Waals surface area contributed by atoms with Gasteiger partial charge < -0.3 is 19.5 Å². The van der Waals surface area contributed by atoms with Gasteiger partial charge in [0, 0.05) is 44.4 Å². The normalized spacial score (nSPS) is 14.5. The molecule has 0 saturated carbocycles. The number of ether oxygens (including phenoxy) is 1. The first kappa shape index (κ1) is 17.5.